The topological polar surface area (TPSA) is 55.1 Å². The summed E-state index contributed by atoms with van der Waals surface area (Å²) in [5, 5.41) is 3.38. The van der Waals surface area contributed by atoms with Crippen LogP contribution in [0.1, 0.15) is 44.9 Å². The molecule has 0 aromatic rings. The minimum absolute atomic E-state index is 0. The van der Waals surface area contributed by atoms with Crippen molar-refractivity contribution < 1.29 is 4.79 Å². The van der Waals surface area contributed by atoms with Crippen LogP contribution < -0.4 is 11.1 Å². The Balaban J connectivity index is 0.00000110. The number of nitrogens with two attached hydrogens (primary N) is 1. The molecule has 3 nitrogen and oxygen atoms in total. The molecule has 0 radical (unpaired) electrons. The molecule has 19 heavy (non-hydrogen) atoms. The summed E-state index contributed by atoms with van der Waals surface area (Å²) in [4.78, 5) is 12.5. The minimum Gasteiger partial charge on any atom is -0.353 e. The van der Waals surface area contributed by atoms with Crippen molar-refractivity contribution in [2.45, 2.75) is 57.0 Å². The van der Waals surface area contributed by atoms with Gasteiger partial charge in [-0.3, -0.25) is 4.79 Å². The van der Waals surface area contributed by atoms with E-state index in [4.69, 9.17) is 5.73 Å². The van der Waals surface area contributed by atoms with Crippen molar-refractivity contribution in [1.29, 1.82) is 0 Å². The first-order chi connectivity index (χ1) is 8.74. The second-order valence-electron chi connectivity index (χ2n) is 7.15. The summed E-state index contributed by atoms with van der Waals surface area (Å²) < 4.78 is 0. The fourth-order valence-electron chi connectivity index (χ4n) is 4.52. The fourth-order valence-corrected chi connectivity index (χ4v) is 4.52. The van der Waals surface area contributed by atoms with Gasteiger partial charge in [-0.25, -0.2) is 0 Å². The Bertz CT molecular complexity index is 353. The predicted octanol–water partition coefficient (Wildman–Crippen LogP) is 2.09. The van der Waals surface area contributed by atoms with Gasteiger partial charge in [0, 0.05) is 12.1 Å². The van der Waals surface area contributed by atoms with Gasteiger partial charge in [-0.05, 0) is 68.6 Å². The van der Waals surface area contributed by atoms with Crippen LogP contribution in [0.4, 0.5) is 0 Å². The molecule has 4 saturated carbocycles. The average Bonchev–Trinajstić information content (AvgIpc) is 3.27. The first-order valence-electron chi connectivity index (χ1n) is 7.80. The largest absolute Gasteiger partial charge is 0.353 e. The number of hydrogen-bond donors (Lipinski definition) is 2. The molecule has 0 aliphatic heterocycles. The summed E-state index contributed by atoms with van der Waals surface area (Å²) in [5.41, 5.74) is 6.26. The molecule has 0 aromatic heterocycles. The van der Waals surface area contributed by atoms with Crippen LogP contribution in [0, 0.1) is 29.6 Å². The van der Waals surface area contributed by atoms with Crippen LogP contribution in [0.5, 0.6) is 0 Å². The van der Waals surface area contributed by atoms with E-state index in [0.29, 0.717) is 23.8 Å². The zero-order chi connectivity index (χ0) is 12.3. The van der Waals surface area contributed by atoms with Crippen molar-refractivity contribution in [3.05, 3.63) is 0 Å². The molecular weight excluding hydrogens is 260 g/mol. The molecule has 3 N–H and O–H groups in total. The number of carbonyl (C=O) groups is 1. The second-order valence-corrected chi connectivity index (χ2v) is 7.15. The molecule has 1 amide bonds. The molecule has 4 fully saturated rings. The smallest absolute Gasteiger partial charge is 0.225 e. The maximum absolute atomic E-state index is 12.5. The van der Waals surface area contributed by atoms with Crippen molar-refractivity contribution in [3.63, 3.8) is 0 Å². The molecule has 4 rings (SSSR count). The van der Waals surface area contributed by atoms with Crippen LogP contribution in [-0.2, 0) is 4.79 Å². The molecule has 4 atom stereocenters. The maximum Gasteiger partial charge on any atom is 0.225 e. The summed E-state index contributed by atoms with van der Waals surface area (Å²) in [6.07, 6.45) is 8.98. The van der Waals surface area contributed by atoms with Gasteiger partial charge in [0.1, 0.15) is 0 Å². The van der Waals surface area contributed by atoms with Crippen LogP contribution in [0.2, 0.25) is 0 Å². The third-order valence-electron chi connectivity index (χ3n) is 5.85. The summed E-state index contributed by atoms with van der Waals surface area (Å²) in [6, 6.07) is 0.631. The van der Waals surface area contributed by atoms with Crippen LogP contribution in [-0.4, -0.2) is 18.0 Å². The molecular formula is C15H25ClN2O. The fraction of sp³-hybridized carbons (Fsp3) is 0.933. The quantitative estimate of drug-likeness (QED) is 0.830. The molecule has 0 heterocycles. The van der Waals surface area contributed by atoms with Gasteiger partial charge in [-0.2, -0.15) is 0 Å². The number of fused-ring (bicyclic) bond motifs is 2. The average molecular weight is 285 g/mol. The molecule has 2 bridgehead atoms. The third-order valence-corrected chi connectivity index (χ3v) is 5.85. The Morgan fingerprint density at radius 1 is 1.00 bits per heavy atom. The molecule has 0 spiro atoms. The number of carbonyl (C=O) groups excluding carboxylic acids is 1. The van der Waals surface area contributed by atoms with E-state index in [1.165, 1.54) is 44.9 Å². The number of hydrogen-bond acceptors (Lipinski definition) is 2. The van der Waals surface area contributed by atoms with Crippen LogP contribution in [0.3, 0.4) is 0 Å². The predicted molar refractivity (Wildman–Crippen MR) is 76.9 cm³/mol. The van der Waals surface area contributed by atoms with Crippen molar-refractivity contribution in [2.75, 3.05) is 0 Å². The Morgan fingerprint density at radius 2 is 1.58 bits per heavy atom. The second kappa shape index (κ2) is 4.92. The zero-order valence-corrected chi connectivity index (χ0v) is 12.2. The molecule has 0 saturated heterocycles. The van der Waals surface area contributed by atoms with Gasteiger partial charge < -0.3 is 11.1 Å². The summed E-state index contributed by atoms with van der Waals surface area (Å²) in [5.74, 6) is 3.21. The van der Waals surface area contributed by atoms with E-state index >= 15 is 0 Å². The lowest BCUT2D eigenvalue weighted by atomic mass is 9.84. The van der Waals surface area contributed by atoms with E-state index in [2.05, 4.69) is 5.32 Å². The highest BCUT2D eigenvalue weighted by Gasteiger charge is 2.50. The van der Waals surface area contributed by atoms with E-state index < -0.39 is 0 Å². The van der Waals surface area contributed by atoms with Gasteiger partial charge in [0.05, 0.1) is 5.92 Å². The summed E-state index contributed by atoms with van der Waals surface area (Å²) in [7, 11) is 0. The van der Waals surface area contributed by atoms with E-state index in [1.807, 2.05) is 0 Å². The minimum atomic E-state index is 0. The van der Waals surface area contributed by atoms with Crippen molar-refractivity contribution >= 4 is 18.3 Å². The van der Waals surface area contributed by atoms with Crippen LogP contribution in [0.15, 0.2) is 0 Å². The summed E-state index contributed by atoms with van der Waals surface area (Å²) >= 11 is 0. The monoisotopic (exact) mass is 284 g/mol. The van der Waals surface area contributed by atoms with E-state index in [1.54, 1.807) is 0 Å². The lowest BCUT2D eigenvalue weighted by Gasteiger charge is -2.29. The molecule has 0 aromatic carbocycles. The van der Waals surface area contributed by atoms with Gasteiger partial charge in [-0.1, -0.05) is 0 Å². The normalized spacial score (nSPS) is 40.3. The van der Waals surface area contributed by atoms with Gasteiger partial charge >= 0.3 is 0 Å². The molecule has 4 aliphatic rings. The lowest BCUT2D eigenvalue weighted by molar-refractivity contribution is -0.128. The highest BCUT2D eigenvalue weighted by Crippen LogP contribution is 2.49. The first kappa shape index (κ1) is 13.7. The Morgan fingerprint density at radius 3 is 2.05 bits per heavy atom. The number of amides is 1. The molecule has 4 unspecified atom stereocenters. The highest BCUT2D eigenvalue weighted by molar-refractivity contribution is 5.85. The molecule has 4 heteroatoms. The van der Waals surface area contributed by atoms with Gasteiger partial charge in [-0.15, -0.1) is 12.4 Å². The zero-order valence-electron chi connectivity index (χ0n) is 11.4. The van der Waals surface area contributed by atoms with Crippen molar-refractivity contribution in [1.82, 2.24) is 5.32 Å². The Labute approximate surface area is 121 Å². The standard InChI is InChI=1S/C15H24N2O.ClH/c16-13-11-6-5-10(7-11)12(13)15(18)17-14(8-1-2-8)9-3-4-9;/h8-14H,1-7,16H2,(H,17,18);1H. The van der Waals surface area contributed by atoms with Gasteiger partial charge in [0.2, 0.25) is 5.91 Å². The maximum atomic E-state index is 12.5. The Hall–Kier alpha value is -0.280. The number of rotatable bonds is 4. The van der Waals surface area contributed by atoms with Crippen molar-refractivity contribution in [3.8, 4) is 0 Å². The van der Waals surface area contributed by atoms with E-state index in [-0.39, 0.29) is 24.4 Å². The van der Waals surface area contributed by atoms with Crippen LogP contribution in [0.25, 0.3) is 0 Å². The highest BCUT2D eigenvalue weighted by atomic mass is 35.5. The van der Waals surface area contributed by atoms with Gasteiger partial charge in [0.25, 0.3) is 0 Å². The molecule has 4 aliphatic carbocycles. The first-order valence-corrected chi connectivity index (χ1v) is 7.80. The summed E-state index contributed by atoms with van der Waals surface area (Å²) in [6.45, 7) is 0. The molecule has 108 valence electrons. The number of halogens is 1. The van der Waals surface area contributed by atoms with Gasteiger partial charge in [0.15, 0.2) is 0 Å². The lowest BCUT2D eigenvalue weighted by Crippen LogP contribution is -2.49. The Kier molecular flexibility index (Phi) is 3.55. The number of nitrogens with one attached hydrogen (secondary N) is 1. The van der Waals surface area contributed by atoms with Crippen molar-refractivity contribution in [2.24, 2.45) is 35.3 Å². The van der Waals surface area contributed by atoms with Crippen LogP contribution >= 0.6 is 12.4 Å². The third kappa shape index (κ3) is 2.40. The van der Waals surface area contributed by atoms with E-state index in [0.717, 1.165) is 11.8 Å². The van der Waals surface area contributed by atoms with E-state index in [9.17, 15) is 4.79 Å². The SMILES string of the molecule is Cl.NC1C2CCC(C2)C1C(=O)NC(C1CC1)C1CC1.